The van der Waals surface area contributed by atoms with Gasteiger partial charge in [-0.05, 0) is 50.1 Å². The molecule has 1 unspecified atom stereocenters. The number of anilines is 2. The molecule has 0 amide bonds. The van der Waals surface area contributed by atoms with Crippen molar-refractivity contribution in [2.75, 3.05) is 51.8 Å². The molecule has 2 aliphatic heterocycles. The quantitative estimate of drug-likeness (QED) is 0.487. The van der Waals surface area contributed by atoms with Gasteiger partial charge in [0.05, 0.1) is 36.4 Å². The number of halogens is 1. The zero-order chi connectivity index (χ0) is 25.1. The van der Waals surface area contributed by atoms with Crippen molar-refractivity contribution in [1.82, 2.24) is 19.9 Å². The van der Waals surface area contributed by atoms with Crippen LogP contribution in [0.4, 0.5) is 15.8 Å². The maximum atomic E-state index is 14.5. The van der Waals surface area contributed by atoms with E-state index in [1.54, 1.807) is 7.11 Å². The summed E-state index contributed by atoms with van der Waals surface area (Å²) in [6.45, 7) is 3.53. The van der Waals surface area contributed by atoms with Gasteiger partial charge in [-0.3, -0.25) is 14.9 Å². The maximum Gasteiger partial charge on any atom is 0.128 e. The zero-order valence-electron chi connectivity index (χ0n) is 20.8. The highest BCUT2D eigenvalue weighted by Gasteiger charge is 2.24. The smallest absolute Gasteiger partial charge is 0.128 e. The fourth-order valence-electron chi connectivity index (χ4n) is 5.16. The molecule has 1 saturated heterocycles. The Morgan fingerprint density at radius 1 is 1.17 bits per heavy atom. The standard InChI is InChI=1S/C27H33FN6O2/c1-32-17-19(15-30-32)27-16-29-25-7-6-21(14-26(25)31-27)34(23-11-20(28)12-24(13-23)36-2)10-4-9-33-8-3-5-22(33)18-35/h6-7,11-16,19,22,35H,3-5,8-10,17-18H2,1-2H3/t19?,22-/m1/s1. The van der Waals surface area contributed by atoms with Gasteiger partial charge in [0.1, 0.15) is 11.6 Å². The molecule has 3 heterocycles. The van der Waals surface area contributed by atoms with Crippen LogP contribution in [0.15, 0.2) is 47.7 Å². The van der Waals surface area contributed by atoms with Gasteiger partial charge in [-0.15, -0.1) is 0 Å². The Kier molecular flexibility index (Phi) is 7.29. The van der Waals surface area contributed by atoms with E-state index in [2.05, 4.69) is 19.9 Å². The first-order chi connectivity index (χ1) is 17.5. The number of hydrogen-bond acceptors (Lipinski definition) is 8. The topological polar surface area (TPSA) is 77.3 Å². The minimum atomic E-state index is -0.346. The van der Waals surface area contributed by atoms with Crippen molar-refractivity contribution in [2.45, 2.75) is 31.2 Å². The number of likely N-dealkylation sites (N-methyl/N-ethyl adjacent to an activating group) is 1. The van der Waals surface area contributed by atoms with Gasteiger partial charge in [0.25, 0.3) is 0 Å². The molecule has 5 rings (SSSR count). The van der Waals surface area contributed by atoms with E-state index in [-0.39, 0.29) is 24.4 Å². The Labute approximate surface area is 211 Å². The van der Waals surface area contributed by atoms with Crippen LogP contribution in [-0.2, 0) is 0 Å². The van der Waals surface area contributed by atoms with Crippen LogP contribution in [0.3, 0.4) is 0 Å². The third kappa shape index (κ3) is 5.27. The molecule has 8 nitrogen and oxygen atoms in total. The van der Waals surface area contributed by atoms with Crippen LogP contribution in [0, 0.1) is 5.82 Å². The van der Waals surface area contributed by atoms with E-state index in [9.17, 15) is 9.50 Å². The van der Waals surface area contributed by atoms with E-state index in [4.69, 9.17) is 9.72 Å². The van der Waals surface area contributed by atoms with Gasteiger partial charge in [0.2, 0.25) is 0 Å². The number of fused-ring (bicyclic) bond motifs is 1. The lowest BCUT2D eigenvalue weighted by molar-refractivity contribution is 0.158. The second-order valence-electron chi connectivity index (χ2n) is 9.55. The van der Waals surface area contributed by atoms with Crippen LogP contribution in [0.25, 0.3) is 11.0 Å². The molecule has 0 bridgehead atoms. The van der Waals surface area contributed by atoms with Gasteiger partial charge in [0, 0.05) is 68.6 Å². The van der Waals surface area contributed by atoms with Crippen LogP contribution >= 0.6 is 0 Å². The molecule has 1 aromatic heterocycles. The van der Waals surface area contributed by atoms with Crippen molar-refractivity contribution in [1.29, 1.82) is 0 Å². The molecule has 2 atom stereocenters. The van der Waals surface area contributed by atoms with Gasteiger partial charge in [-0.1, -0.05) is 0 Å². The molecule has 0 aliphatic carbocycles. The summed E-state index contributed by atoms with van der Waals surface area (Å²) in [5, 5.41) is 15.9. The zero-order valence-corrected chi connectivity index (χ0v) is 20.8. The molecule has 0 radical (unpaired) electrons. The minimum Gasteiger partial charge on any atom is -0.497 e. The molecular weight excluding hydrogens is 459 g/mol. The molecule has 2 aliphatic rings. The number of aliphatic hydroxyl groups is 1. The highest BCUT2D eigenvalue weighted by Crippen LogP contribution is 2.32. The predicted molar refractivity (Wildman–Crippen MR) is 140 cm³/mol. The molecular formula is C27H33FN6O2. The summed E-state index contributed by atoms with van der Waals surface area (Å²) in [6.07, 6.45) is 6.74. The number of hydrazone groups is 1. The largest absolute Gasteiger partial charge is 0.497 e. The lowest BCUT2D eigenvalue weighted by Gasteiger charge is -2.28. The molecule has 0 spiro atoms. The van der Waals surface area contributed by atoms with Crippen LogP contribution in [0.2, 0.25) is 0 Å². The average molecular weight is 493 g/mol. The number of aromatic nitrogens is 2. The third-order valence-corrected chi connectivity index (χ3v) is 7.08. The molecule has 9 heteroatoms. The van der Waals surface area contributed by atoms with E-state index >= 15 is 0 Å². The first-order valence-electron chi connectivity index (χ1n) is 12.5. The Bertz CT molecular complexity index is 1240. The number of nitrogens with zero attached hydrogens (tertiary/aromatic N) is 6. The van der Waals surface area contributed by atoms with Crippen LogP contribution < -0.4 is 9.64 Å². The van der Waals surface area contributed by atoms with Crippen LogP contribution in [-0.4, -0.2) is 84.2 Å². The van der Waals surface area contributed by atoms with Gasteiger partial charge < -0.3 is 14.7 Å². The molecule has 1 N–H and O–H groups in total. The van der Waals surface area contributed by atoms with Crippen molar-refractivity contribution < 1.29 is 14.2 Å². The number of methoxy groups -OCH3 is 1. The van der Waals surface area contributed by atoms with E-state index in [1.807, 2.05) is 48.7 Å². The Morgan fingerprint density at radius 3 is 2.83 bits per heavy atom. The summed E-state index contributed by atoms with van der Waals surface area (Å²) in [7, 11) is 3.49. The summed E-state index contributed by atoms with van der Waals surface area (Å²) in [5.41, 5.74) is 4.13. The summed E-state index contributed by atoms with van der Waals surface area (Å²) < 4.78 is 19.8. The van der Waals surface area contributed by atoms with Crippen molar-refractivity contribution in [2.24, 2.45) is 5.10 Å². The molecule has 2 aromatic carbocycles. The second-order valence-corrected chi connectivity index (χ2v) is 9.55. The number of aliphatic hydroxyl groups excluding tert-OH is 1. The van der Waals surface area contributed by atoms with Crippen molar-refractivity contribution in [3.63, 3.8) is 0 Å². The van der Waals surface area contributed by atoms with Gasteiger partial charge in [0.15, 0.2) is 0 Å². The maximum absolute atomic E-state index is 14.5. The highest BCUT2D eigenvalue weighted by atomic mass is 19.1. The number of ether oxygens (including phenoxy) is 1. The number of rotatable bonds is 9. The number of hydrogen-bond donors (Lipinski definition) is 1. The molecule has 1 fully saturated rings. The molecule has 0 saturated carbocycles. The van der Waals surface area contributed by atoms with Gasteiger partial charge in [-0.25, -0.2) is 9.37 Å². The Balaban J connectivity index is 1.44. The highest BCUT2D eigenvalue weighted by molar-refractivity contribution is 5.81. The minimum absolute atomic E-state index is 0.110. The second kappa shape index (κ2) is 10.8. The SMILES string of the molecule is COc1cc(F)cc(N(CCCN2CCC[C@@H]2CO)c2ccc3ncc(C4C=NN(C)C4)nc3c2)c1. The lowest BCUT2D eigenvalue weighted by atomic mass is 10.1. The van der Waals surface area contributed by atoms with E-state index in [0.717, 1.165) is 67.0 Å². The summed E-state index contributed by atoms with van der Waals surface area (Å²) in [4.78, 5) is 14.0. The summed E-state index contributed by atoms with van der Waals surface area (Å²) in [6, 6.07) is 11.0. The fraction of sp³-hybridized carbons (Fsp3) is 0.444. The van der Waals surface area contributed by atoms with Crippen LogP contribution in [0.5, 0.6) is 5.75 Å². The first kappa shape index (κ1) is 24.4. The first-order valence-corrected chi connectivity index (χ1v) is 12.5. The monoisotopic (exact) mass is 492 g/mol. The number of likely N-dealkylation sites (tertiary alicyclic amines) is 1. The van der Waals surface area contributed by atoms with E-state index < -0.39 is 0 Å². The molecule has 3 aromatic rings. The Morgan fingerprint density at radius 2 is 2.06 bits per heavy atom. The lowest BCUT2D eigenvalue weighted by Crippen LogP contribution is -2.34. The van der Waals surface area contributed by atoms with Crippen molar-refractivity contribution >= 4 is 28.6 Å². The summed E-state index contributed by atoms with van der Waals surface area (Å²) >= 11 is 0. The summed E-state index contributed by atoms with van der Waals surface area (Å²) in [5.74, 6) is 0.239. The third-order valence-electron chi connectivity index (χ3n) is 7.08. The molecule has 36 heavy (non-hydrogen) atoms. The predicted octanol–water partition coefficient (Wildman–Crippen LogP) is 3.78. The van der Waals surface area contributed by atoms with E-state index in [0.29, 0.717) is 12.3 Å². The average Bonchev–Trinajstić information content (AvgIpc) is 3.54. The Hall–Kier alpha value is -3.30. The molecule has 190 valence electrons. The normalized spacial score (nSPS) is 19.9. The van der Waals surface area contributed by atoms with E-state index in [1.165, 1.54) is 12.1 Å². The number of benzene rings is 2. The van der Waals surface area contributed by atoms with Gasteiger partial charge in [-0.2, -0.15) is 5.10 Å². The van der Waals surface area contributed by atoms with Gasteiger partial charge >= 0.3 is 0 Å². The fourth-order valence-corrected chi connectivity index (χ4v) is 5.16. The van der Waals surface area contributed by atoms with Crippen molar-refractivity contribution in [3.8, 4) is 5.75 Å². The van der Waals surface area contributed by atoms with Crippen molar-refractivity contribution in [3.05, 3.63) is 54.1 Å². The van der Waals surface area contributed by atoms with Crippen LogP contribution in [0.1, 0.15) is 30.9 Å².